The molecule has 138 valence electrons. The van der Waals surface area contributed by atoms with E-state index < -0.39 is 11.7 Å². The third-order valence-corrected chi connectivity index (χ3v) is 5.76. The molecule has 2 aliphatic rings. The van der Waals surface area contributed by atoms with Crippen molar-refractivity contribution in [2.75, 3.05) is 26.3 Å². The summed E-state index contributed by atoms with van der Waals surface area (Å²) in [7, 11) is 0. The number of benzene rings is 1. The Kier molecular flexibility index (Phi) is 4.44. The summed E-state index contributed by atoms with van der Waals surface area (Å²) in [5.41, 5.74) is -0.288. The topological polar surface area (TPSA) is 68.5 Å². The fraction of sp³-hybridized carbons (Fsp3) is 0.500. The summed E-state index contributed by atoms with van der Waals surface area (Å²) in [4.78, 5) is 19.0. The highest BCUT2D eigenvalue weighted by Gasteiger charge is 2.52. The predicted octanol–water partition coefficient (Wildman–Crippen LogP) is 3.21. The van der Waals surface area contributed by atoms with Crippen LogP contribution in [0.3, 0.4) is 0 Å². The molecule has 0 radical (unpaired) electrons. The van der Waals surface area contributed by atoms with Crippen LogP contribution in [-0.2, 0) is 4.74 Å². The van der Waals surface area contributed by atoms with E-state index in [1.807, 2.05) is 0 Å². The van der Waals surface area contributed by atoms with E-state index in [0.717, 1.165) is 12.8 Å². The molecular formula is C18H19ClFN3O3. The summed E-state index contributed by atoms with van der Waals surface area (Å²) in [5, 5.41) is 4.01. The fourth-order valence-corrected chi connectivity index (χ4v) is 4.31. The van der Waals surface area contributed by atoms with Gasteiger partial charge in [-0.3, -0.25) is 4.79 Å². The quantitative estimate of drug-likeness (QED) is 0.801. The van der Waals surface area contributed by atoms with Crippen LogP contribution in [0.2, 0.25) is 5.02 Å². The molecule has 1 amide bonds. The van der Waals surface area contributed by atoms with Gasteiger partial charge < -0.3 is 14.2 Å². The van der Waals surface area contributed by atoms with E-state index in [9.17, 15) is 9.18 Å². The van der Waals surface area contributed by atoms with E-state index in [4.69, 9.17) is 20.9 Å². The fourth-order valence-electron chi connectivity index (χ4n) is 4.06. The van der Waals surface area contributed by atoms with Crippen molar-refractivity contribution in [3.05, 3.63) is 46.3 Å². The number of likely N-dealkylation sites (tertiary alicyclic amines) is 1. The van der Waals surface area contributed by atoms with Crippen LogP contribution in [0.4, 0.5) is 4.39 Å². The predicted molar refractivity (Wildman–Crippen MR) is 91.6 cm³/mol. The molecule has 0 saturated carbocycles. The second kappa shape index (κ2) is 6.63. The lowest BCUT2D eigenvalue weighted by molar-refractivity contribution is 0.00834. The number of carbonyl (C=O) groups excluding carboxylic acids is 1. The number of hydrogen-bond acceptors (Lipinski definition) is 5. The molecule has 6 nitrogen and oxygen atoms in total. The smallest absolute Gasteiger partial charge is 0.258 e. The van der Waals surface area contributed by atoms with Gasteiger partial charge in [-0.25, -0.2) is 4.39 Å². The van der Waals surface area contributed by atoms with Crippen LogP contribution >= 0.6 is 11.6 Å². The Labute approximate surface area is 155 Å². The minimum atomic E-state index is -0.611. The second-order valence-electron chi connectivity index (χ2n) is 6.99. The SMILES string of the molecule is Cc1noc([C@H]2CN(C(=O)c3c(F)cccc3Cl)CC23CCOCC3)n1. The van der Waals surface area contributed by atoms with E-state index in [1.165, 1.54) is 18.2 Å². The molecule has 3 heterocycles. The first kappa shape index (κ1) is 17.4. The maximum atomic E-state index is 14.2. The number of hydrogen-bond donors (Lipinski definition) is 0. The lowest BCUT2D eigenvalue weighted by atomic mass is 9.72. The summed E-state index contributed by atoms with van der Waals surface area (Å²) in [6.45, 7) is 3.88. The Morgan fingerprint density at radius 2 is 2.15 bits per heavy atom. The normalized spacial score (nSPS) is 22.1. The van der Waals surface area contributed by atoms with Crippen molar-refractivity contribution < 1.29 is 18.4 Å². The average molecular weight is 380 g/mol. The van der Waals surface area contributed by atoms with Gasteiger partial charge in [0.05, 0.1) is 16.5 Å². The van der Waals surface area contributed by atoms with Gasteiger partial charge in [0, 0.05) is 31.7 Å². The van der Waals surface area contributed by atoms with Gasteiger partial charge in [-0.1, -0.05) is 22.8 Å². The molecule has 2 aliphatic heterocycles. The van der Waals surface area contributed by atoms with Crippen molar-refractivity contribution in [2.24, 2.45) is 5.41 Å². The van der Waals surface area contributed by atoms with Gasteiger partial charge >= 0.3 is 0 Å². The highest BCUT2D eigenvalue weighted by Crippen LogP contribution is 2.49. The van der Waals surface area contributed by atoms with Crippen LogP contribution in [0.15, 0.2) is 22.7 Å². The van der Waals surface area contributed by atoms with Crippen molar-refractivity contribution in [2.45, 2.75) is 25.7 Å². The molecule has 1 spiro atoms. The van der Waals surface area contributed by atoms with Gasteiger partial charge in [0.25, 0.3) is 5.91 Å². The van der Waals surface area contributed by atoms with Gasteiger partial charge in [-0.05, 0) is 31.9 Å². The summed E-state index contributed by atoms with van der Waals surface area (Å²) in [5.74, 6) is -0.0242. The molecule has 26 heavy (non-hydrogen) atoms. The zero-order valence-electron chi connectivity index (χ0n) is 14.4. The maximum Gasteiger partial charge on any atom is 0.258 e. The Bertz CT molecular complexity index is 815. The summed E-state index contributed by atoms with van der Waals surface area (Å²) in [6, 6.07) is 4.26. The number of nitrogens with zero attached hydrogens (tertiary/aromatic N) is 3. The largest absolute Gasteiger partial charge is 0.381 e. The second-order valence-corrected chi connectivity index (χ2v) is 7.40. The van der Waals surface area contributed by atoms with Gasteiger partial charge in [0.2, 0.25) is 5.89 Å². The highest BCUT2D eigenvalue weighted by molar-refractivity contribution is 6.33. The monoisotopic (exact) mass is 379 g/mol. The van der Waals surface area contributed by atoms with Crippen LogP contribution in [0, 0.1) is 18.2 Å². The van der Waals surface area contributed by atoms with Crippen LogP contribution in [0.1, 0.15) is 40.8 Å². The third-order valence-electron chi connectivity index (χ3n) is 5.44. The third kappa shape index (κ3) is 2.89. The minimum Gasteiger partial charge on any atom is -0.381 e. The number of amides is 1. The summed E-state index contributed by atoms with van der Waals surface area (Å²) in [6.07, 6.45) is 1.57. The molecule has 0 unspecified atom stereocenters. The number of rotatable bonds is 2. The number of ether oxygens (including phenoxy) is 1. The zero-order chi connectivity index (χ0) is 18.3. The number of aromatic nitrogens is 2. The van der Waals surface area contributed by atoms with Crippen molar-refractivity contribution in [1.82, 2.24) is 15.0 Å². The molecular weight excluding hydrogens is 361 g/mol. The first-order valence-corrected chi connectivity index (χ1v) is 8.99. The molecule has 1 aromatic carbocycles. The summed E-state index contributed by atoms with van der Waals surface area (Å²) < 4.78 is 25.1. The van der Waals surface area contributed by atoms with Crippen molar-refractivity contribution in [3.63, 3.8) is 0 Å². The first-order chi connectivity index (χ1) is 12.5. The average Bonchev–Trinajstić information content (AvgIpc) is 3.19. The number of aryl methyl sites for hydroxylation is 1. The van der Waals surface area contributed by atoms with Crippen LogP contribution in [-0.4, -0.2) is 47.3 Å². The van der Waals surface area contributed by atoms with Crippen LogP contribution < -0.4 is 0 Å². The van der Waals surface area contributed by atoms with Gasteiger partial charge in [-0.2, -0.15) is 4.98 Å². The molecule has 0 aliphatic carbocycles. The standard InChI is InChI=1S/C18H19ClFN3O3/c1-11-21-16(26-22-11)12-9-23(10-18(12)5-7-25-8-6-18)17(24)15-13(19)3-2-4-14(15)20/h2-4,12H,5-10H2,1H3/t12-/m1/s1. The Morgan fingerprint density at radius 3 is 2.81 bits per heavy atom. The van der Waals surface area contributed by atoms with Crippen molar-refractivity contribution >= 4 is 17.5 Å². The van der Waals surface area contributed by atoms with Crippen LogP contribution in [0.25, 0.3) is 0 Å². The van der Waals surface area contributed by atoms with Crippen molar-refractivity contribution in [1.29, 1.82) is 0 Å². The van der Waals surface area contributed by atoms with Gasteiger partial charge in [-0.15, -0.1) is 0 Å². The van der Waals surface area contributed by atoms with E-state index >= 15 is 0 Å². The number of halogens is 2. The zero-order valence-corrected chi connectivity index (χ0v) is 15.1. The Balaban J connectivity index is 1.68. The van der Waals surface area contributed by atoms with E-state index in [-0.39, 0.29) is 21.9 Å². The molecule has 1 atom stereocenters. The minimum absolute atomic E-state index is 0.0845. The summed E-state index contributed by atoms with van der Waals surface area (Å²) >= 11 is 6.09. The van der Waals surface area contributed by atoms with Gasteiger partial charge in [0.1, 0.15) is 5.82 Å². The molecule has 8 heteroatoms. The molecule has 2 aromatic rings. The first-order valence-electron chi connectivity index (χ1n) is 8.61. The molecule has 0 N–H and O–H groups in total. The molecule has 2 fully saturated rings. The maximum absolute atomic E-state index is 14.2. The molecule has 2 saturated heterocycles. The Morgan fingerprint density at radius 1 is 1.38 bits per heavy atom. The van der Waals surface area contributed by atoms with Gasteiger partial charge in [0.15, 0.2) is 5.82 Å². The lowest BCUT2D eigenvalue weighted by Crippen LogP contribution is -2.37. The number of carbonyl (C=O) groups is 1. The molecule has 1 aromatic heterocycles. The van der Waals surface area contributed by atoms with Crippen LogP contribution in [0.5, 0.6) is 0 Å². The van der Waals surface area contributed by atoms with E-state index in [2.05, 4.69) is 10.1 Å². The molecule has 4 rings (SSSR count). The van der Waals surface area contributed by atoms with E-state index in [1.54, 1.807) is 11.8 Å². The lowest BCUT2D eigenvalue weighted by Gasteiger charge is -2.36. The highest BCUT2D eigenvalue weighted by atomic mass is 35.5. The van der Waals surface area contributed by atoms with E-state index in [0.29, 0.717) is 38.0 Å². The Hall–Kier alpha value is -1.99. The van der Waals surface area contributed by atoms with Crippen molar-refractivity contribution in [3.8, 4) is 0 Å². The molecule has 0 bridgehead atoms.